The zero-order valence-corrected chi connectivity index (χ0v) is 13.5. The number of nitrogens with zero attached hydrogens (tertiary/aromatic N) is 1. The molecule has 0 aliphatic carbocycles. The van der Waals surface area contributed by atoms with Gasteiger partial charge in [0.25, 0.3) is 5.91 Å². The second-order valence-electron chi connectivity index (χ2n) is 5.71. The predicted octanol–water partition coefficient (Wildman–Crippen LogP) is 3.00. The fourth-order valence-corrected chi connectivity index (χ4v) is 2.75. The number of unbranched alkanes of at least 4 members (excludes halogenated alkanes) is 1. The molecule has 0 spiro atoms. The molecule has 6 heteroatoms. The first kappa shape index (κ1) is 16.7. The molecule has 1 saturated heterocycles. The van der Waals surface area contributed by atoms with Crippen molar-refractivity contribution in [2.75, 3.05) is 13.1 Å². The minimum absolute atomic E-state index is 0.0608. The highest BCUT2D eigenvalue weighted by Gasteiger charge is 2.49. The molecule has 4 nitrogen and oxygen atoms in total. The molecule has 1 aliphatic rings. The molecule has 2 rings (SSSR count). The third-order valence-corrected chi connectivity index (χ3v) is 4.44. The van der Waals surface area contributed by atoms with Crippen LogP contribution in [0.15, 0.2) is 18.2 Å². The maximum Gasteiger partial charge on any atom is 0.256 e. The van der Waals surface area contributed by atoms with Crippen molar-refractivity contribution in [3.05, 3.63) is 34.6 Å². The lowest BCUT2D eigenvalue weighted by atomic mass is 9.84. The normalized spacial score (nSPS) is 20.5. The highest BCUT2D eigenvalue weighted by atomic mass is 35.5. The van der Waals surface area contributed by atoms with Crippen LogP contribution in [-0.2, 0) is 4.79 Å². The predicted molar refractivity (Wildman–Crippen MR) is 83.4 cm³/mol. The van der Waals surface area contributed by atoms with E-state index in [1.807, 2.05) is 6.92 Å². The van der Waals surface area contributed by atoms with E-state index in [1.165, 1.54) is 17.0 Å². The Kier molecular flexibility index (Phi) is 5.06. The summed E-state index contributed by atoms with van der Waals surface area (Å²) in [6.07, 6.45) is 2.50. The van der Waals surface area contributed by atoms with Gasteiger partial charge in [0.1, 0.15) is 11.4 Å². The molecule has 0 aromatic heterocycles. The van der Waals surface area contributed by atoms with Crippen molar-refractivity contribution < 1.29 is 14.0 Å². The van der Waals surface area contributed by atoms with Gasteiger partial charge in [-0.3, -0.25) is 9.59 Å². The van der Waals surface area contributed by atoms with Gasteiger partial charge in [-0.1, -0.05) is 24.9 Å². The van der Waals surface area contributed by atoms with Crippen LogP contribution in [0.4, 0.5) is 4.39 Å². The van der Waals surface area contributed by atoms with Crippen molar-refractivity contribution in [1.29, 1.82) is 0 Å². The molecule has 1 aromatic carbocycles. The number of likely N-dealkylation sites (tertiary alicyclic amines) is 1. The summed E-state index contributed by atoms with van der Waals surface area (Å²) in [7, 11) is 0. The average molecular weight is 327 g/mol. The summed E-state index contributed by atoms with van der Waals surface area (Å²) in [5.74, 6) is -0.992. The van der Waals surface area contributed by atoms with Crippen LogP contribution in [0.1, 0.15) is 43.5 Å². The van der Waals surface area contributed by atoms with Crippen molar-refractivity contribution in [1.82, 2.24) is 10.2 Å². The van der Waals surface area contributed by atoms with E-state index in [9.17, 15) is 14.0 Å². The van der Waals surface area contributed by atoms with Crippen molar-refractivity contribution in [3.8, 4) is 0 Å². The molecule has 1 aromatic rings. The van der Waals surface area contributed by atoms with E-state index in [4.69, 9.17) is 11.6 Å². The molecule has 1 unspecified atom stereocenters. The number of halogens is 2. The summed E-state index contributed by atoms with van der Waals surface area (Å²) in [5, 5.41) is 2.92. The van der Waals surface area contributed by atoms with Crippen molar-refractivity contribution >= 4 is 23.4 Å². The Labute approximate surface area is 134 Å². The van der Waals surface area contributed by atoms with Gasteiger partial charge in [0.15, 0.2) is 0 Å². The van der Waals surface area contributed by atoms with Gasteiger partial charge in [0.2, 0.25) is 5.91 Å². The van der Waals surface area contributed by atoms with Crippen LogP contribution >= 0.6 is 11.6 Å². The van der Waals surface area contributed by atoms with Gasteiger partial charge in [-0.2, -0.15) is 0 Å². The van der Waals surface area contributed by atoms with Gasteiger partial charge in [-0.25, -0.2) is 4.39 Å². The molecular formula is C16H20ClFN2O2. The summed E-state index contributed by atoms with van der Waals surface area (Å²) in [6.45, 7) is 4.88. The van der Waals surface area contributed by atoms with Gasteiger partial charge in [0.05, 0.1) is 10.6 Å². The third-order valence-electron chi connectivity index (χ3n) is 4.13. The molecule has 0 saturated carbocycles. The maximum absolute atomic E-state index is 13.1. The highest BCUT2D eigenvalue weighted by Crippen LogP contribution is 2.33. The van der Waals surface area contributed by atoms with E-state index >= 15 is 0 Å². The topological polar surface area (TPSA) is 49.4 Å². The Hall–Kier alpha value is -1.62. The second-order valence-corrected chi connectivity index (χ2v) is 6.12. The van der Waals surface area contributed by atoms with Gasteiger partial charge in [-0.05, 0) is 38.0 Å². The number of hydrogen-bond donors (Lipinski definition) is 1. The maximum atomic E-state index is 13.1. The minimum atomic E-state index is -0.859. The van der Waals surface area contributed by atoms with E-state index in [0.29, 0.717) is 19.5 Å². The number of carbonyl (C=O) groups is 2. The lowest BCUT2D eigenvalue weighted by molar-refractivity contribution is -0.137. The summed E-state index contributed by atoms with van der Waals surface area (Å²) in [5.41, 5.74) is -0.641. The molecule has 1 heterocycles. The first-order chi connectivity index (χ1) is 10.4. The number of rotatable bonds is 5. The fraction of sp³-hybridized carbons (Fsp3) is 0.500. The van der Waals surface area contributed by atoms with Crippen LogP contribution in [0.5, 0.6) is 0 Å². The molecule has 1 atom stereocenters. The summed E-state index contributed by atoms with van der Waals surface area (Å²) in [6, 6.07) is 3.65. The Balaban J connectivity index is 2.11. The van der Waals surface area contributed by atoms with E-state index in [1.54, 1.807) is 6.92 Å². The molecule has 0 bridgehead atoms. The van der Waals surface area contributed by atoms with E-state index < -0.39 is 11.4 Å². The number of nitrogens with one attached hydrogen (secondary N) is 1. The first-order valence-electron chi connectivity index (χ1n) is 7.45. The summed E-state index contributed by atoms with van der Waals surface area (Å²) >= 11 is 5.94. The zero-order chi connectivity index (χ0) is 16.3. The van der Waals surface area contributed by atoms with Gasteiger partial charge < -0.3 is 10.2 Å². The van der Waals surface area contributed by atoms with Crippen LogP contribution in [-0.4, -0.2) is 35.3 Å². The highest BCUT2D eigenvalue weighted by molar-refractivity contribution is 6.33. The van der Waals surface area contributed by atoms with Crippen LogP contribution < -0.4 is 5.32 Å². The monoisotopic (exact) mass is 326 g/mol. The minimum Gasteiger partial charge on any atom is -0.354 e. The van der Waals surface area contributed by atoms with Crippen LogP contribution in [0.3, 0.4) is 0 Å². The molecule has 1 aliphatic heterocycles. The zero-order valence-electron chi connectivity index (χ0n) is 12.8. The van der Waals surface area contributed by atoms with Crippen LogP contribution in [0, 0.1) is 5.82 Å². The molecule has 1 N–H and O–H groups in total. The SMILES string of the molecule is CCCCNC(=O)C1(C)CCN1C(=O)c1ccc(F)cc1Cl. The van der Waals surface area contributed by atoms with Gasteiger partial charge in [0, 0.05) is 13.1 Å². The Bertz CT molecular complexity index is 594. The molecular weight excluding hydrogens is 307 g/mol. The lowest BCUT2D eigenvalue weighted by Gasteiger charge is -2.49. The Morgan fingerprint density at radius 1 is 1.45 bits per heavy atom. The van der Waals surface area contributed by atoms with E-state index in [2.05, 4.69) is 5.32 Å². The molecule has 120 valence electrons. The largest absolute Gasteiger partial charge is 0.354 e. The first-order valence-corrected chi connectivity index (χ1v) is 7.83. The molecule has 0 radical (unpaired) electrons. The van der Waals surface area contributed by atoms with Crippen molar-refractivity contribution in [2.24, 2.45) is 0 Å². The summed E-state index contributed by atoms with van der Waals surface area (Å²) < 4.78 is 13.1. The number of benzene rings is 1. The molecule has 1 fully saturated rings. The Morgan fingerprint density at radius 3 is 2.73 bits per heavy atom. The smallest absolute Gasteiger partial charge is 0.256 e. The average Bonchev–Trinajstić information content (AvgIpc) is 2.45. The fourth-order valence-electron chi connectivity index (χ4n) is 2.50. The van der Waals surface area contributed by atoms with E-state index in [-0.39, 0.29) is 22.4 Å². The van der Waals surface area contributed by atoms with Crippen LogP contribution in [0.25, 0.3) is 0 Å². The quantitative estimate of drug-likeness (QED) is 0.846. The standard InChI is InChI=1S/C16H20ClFN2O2/c1-3-4-8-19-15(22)16(2)7-9-20(16)14(21)12-6-5-11(18)10-13(12)17/h5-6,10H,3-4,7-9H2,1-2H3,(H,19,22). The van der Waals surface area contributed by atoms with Crippen molar-refractivity contribution in [2.45, 2.75) is 38.6 Å². The van der Waals surface area contributed by atoms with Crippen molar-refractivity contribution in [3.63, 3.8) is 0 Å². The number of carbonyl (C=O) groups excluding carboxylic acids is 2. The second kappa shape index (κ2) is 6.65. The Morgan fingerprint density at radius 2 is 2.18 bits per heavy atom. The molecule has 2 amide bonds. The van der Waals surface area contributed by atoms with Gasteiger partial charge >= 0.3 is 0 Å². The number of hydrogen-bond acceptors (Lipinski definition) is 2. The lowest BCUT2D eigenvalue weighted by Crippen LogP contribution is -2.67. The van der Waals surface area contributed by atoms with Gasteiger partial charge in [-0.15, -0.1) is 0 Å². The van der Waals surface area contributed by atoms with E-state index in [0.717, 1.165) is 18.9 Å². The molecule has 22 heavy (non-hydrogen) atoms. The summed E-state index contributed by atoms with van der Waals surface area (Å²) in [4.78, 5) is 26.4. The third kappa shape index (κ3) is 3.09. The number of amides is 2. The van der Waals surface area contributed by atoms with Crippen LogP contribution in [0.2, 0.25) is 5.02 Å².